The Bertz CT molecular complexity index is 839. The third-order valence-corrected chi connectivity index (χ3v) is 5.29. The minimum Gasteiger partial charge on any atom is -0.493 e. The molecule has 0 radical (unpaired) electrons. The van der Waals surface area contributed by atoms with Crippen molar-refractivity contribution in [1.29, 1.82) is 0 Å². The molecule has 0 bridgehead atoms. The molecule has 2 aromatic rings. The highest BCUT2D eigenvalue weighted by Crippen LogP contribution is 2.28. The first-order chi connectivity index (χ1) is 14.3. The van der Waals surface area contributed by atoms with Crippen molar-refractivity contribution in [1.82, 2.24) is 4.90 Å². The summed E-state index contributed by atoms with van der Waals surface area (Å²) in [5.74, 6) is 1.52. The van der Waals surface area contributed by atoms with Crippen molar-refractivity contribution in [2.75, 3.05) is 46.2 Å². The van der Waals surface area contributed by atoms with E-state index in [1.165, 1.54) is 16.0 Å². The fraction of sp³-hybridized carbons (Fsp3) is 0.458. The second-order valence-electron chi connectivity index (χ2n) is 7.90. The van der Waals surface area contributed by atoms with Crippen LogP contribution in [0.2, 0.25) is 0 Å². The molecule has 2 N–H and O–H groups in total. The van der Waals surface area contributed by atoms with Crippen LogP contribution in [0.1, 0.15) is 30.0 Å². The molecule has 0 aliphatic rings. The highest BCUT2D eigenvalue weighted by molar-refractivity contribution is 7.80. The molecule has 164 valence electrons. The van der Waals surface area contributed by atoms with Gasteiger partial charge in [0.15, 0.2) is 16.6 Å². The van der Waals surface area contributed by atoms with Crippen LogP contribution < -0.4 is 19.7 Å². The summed E-state index contributed by atoms with van der Waals surface area (Å²) in [7, 11) is 6.02. The van der Waals surface area contributed by atoms with Gasteiger partial charge in [-0.3, -0.25) is 0 Å². The fourth-order valence-corrected chi connectivity index (χ4v) is 3.51. The molecule has 0 aliphatic heterocycles. The van der Waals surface area contributed by atoms with Gasteiger partial charge in [0.05, 0.1) is 34.4 Å². The van der Waals surface area contributed by atoms with Crippen LogP contribution in [0.4, 0.5) is 5.69 Å². The van der Waals surface area contributed by atoms with Crippen LogP contribution in [0.3, 0.4) is 0 Å². The normalized spacial score (nSPS) is 10.8. The van der Waals surface area contributed by atoms with Crippen LogP contribution >= 0.6 is 12.2 Å². The molecule has 0 spiro atoms. The van der Waals surface area contributed by atoms with E-state index in [4.69, 9.17) is 21.7 Å². The SMILES string of the molecule is CCOc1ccc(CN(CCC[NH+](C)C)C(=S)Nc2cc(C)ccc2C)cc1OC. The Balaban J connectivity index is 2.19. The van der Waals surface area contributed by atoms with Gasteiger partial charge in [0.2, 0.25) is 0 Å². The van der Waals surface area contributed by atoms with E-state index in [1.54, 1.807) is 7.11 Å². The zero-order valence-electron chi connectivity index (χ0n) is 19.2. The smallest absolute Gasteiger partial charge is 0.173 e. The highest BCUT2D eigenvalue weighted by Gasteiger charge is 2.14. The first-order valence-corrected chi connectivity index (χ1v) is 11.0. The lowest BCUT2D eigenvalue weighted by Gasteiger charge is -2.27. The highest BCUT2D eigenvalue weighted by atomic mass is 32.1. The zero-order chi connectivity index (χ0) is 22.1. The Morgan fingerprint density at radius 1 is 1.10 bits per heavy atom. The number of anilines is 1. The summed E-state index contributed by atoms with van der Waals surface area (Å²) in [5.41, 5.74) is 4.60. The molecule has 0 unspecified atom stereocenters. The lowest BCUT2D eigenvalue weighted by atomic mass is 10.1. The number of aryl methyl sites for hydroxylation is 2. The molecule has 0 heterocycles. The number of nitrogens with one attached hydrogen (secondary N) is 2. The number of ether oxygens (including phenoxy) is 2. The zero-order valence-corrected chi connectivity index (χ0v) is 20.0. The number of hydrogen-bond donors (Lipinski definition) is 2. The van der Waals surface area contributed by atoms with Crippen LogP contribution in [-0.2, 0) is 6.54 Å². The maximum Gasteiger partial charge on any atom is 0.173 e. The molecule has 0 aliphatic carbocycles. The third kappa shape index (κ3) is 7.18. The summed E-state index contributed by atoms with van der Waals surface area (Å²) >= 11 is 5.82. The summed E-state index contributed by atoms with van der Waals surface area (Å²) in [5, 5.41) is 4.21. The van der Waals surface area contributed by atoms with Crippen molar-refractivity contribution in [2.24, 2.45) is 0 Å². The summed E-state index contributed by atoms with van der Waals surface area (Å²) in [4.78, 5) is 3.67. The predicted octanol–water partition coefficient (Wildman–Crippen LogP) is 3.44. The third-order valence-electron chi connectivity index (χ3n) is 4.93. The maximum absolute atomic E-state index is 5.82. The molecule has 0 fully saturated rings. The van der Waals surface area contributed by atoms with Gasteiger partial charge in [-0.1, -0.05) is 18.2 Å². The van der Waals surface area contributed by atoms with Crippen LogP contribution in [-0.4, -0.2) is 50.9 Å². The Kier molecular flexibility index (Phi) is 9.40. The van der Waals surface area contributed by atoms with Crippen molar-refractivity contribution in [3.63, 3.8) is 0 Å². The number of quaternary nitrogens is 1. The van der Waals surface area contributed by atoms with Gasteiger partial charge >= 0.3 is 0 Å². The van der Waals surface area contributed by atoms with Crippen molar-refractivity contribution in [2.45, 2.75) is 33.7 Å². The summed E-state index contributed by atoms with van der Waals surface area (Å²) < 4.78 is 11.2. The van der Waals surface area contributed by atoms with Gasteiger partial charge < -0.3 is 24.6 Å². The monoisotopic (exact) mass is 430 g/mol. The Labute approximate surface area is 187 Å². The second-order valence-corrected chi connectivity index (χ2v) is 8.29. The Morgan fingerprint density at radius 3 is 2.53 bits per heavy atom. The van der Waals surface area contributed by atoms with Crippen LogP contribution in [0.15, 0.2) is 36.4 Å². The van der Waals surface area contributed by atoms with Crippen molar-refractivity contribution >= 4 is 23.0 Å². The number of hydrogen-bond acceptors (Lipinski definition) is 3. The molecule has 0 saturated heterocycles. The number of nitrogens with zero attached hydrogens (tertiary/aromatic N) is 1. The van der Waals surface area contributed by atoms with Gasteiger partial charge in [0.25, 0.3) is 0 Å². The van der Waals surface area contributed by atoms with Gasteiger partial charge in [-0.05, 0) is 67.9 Å². The molecule has 2 rings (SSSR count). The Morgan fingerprint density at radius 2 is 1.87 bits per heavy atom. The van der Waals surface area contributed by atoms with E-state index in [9.17, 15) is 0 Å². The second kappa shape index (κ2) is 11.8. The molecule has 30 heavy (non-hydrogen) atoms. The predicted molar refractivity (Wildman–Crippen MR) is 129 cm³/mol. The standard InChI is InChI=1S/C24H35N3O2S/c1-7-29-22-12-11-20(16-23(22)28-6)17-27(14-8-13-26(4)5)24(30)25-21-15-18(2)9-10-19(21)3/h9-12,15-16H,7-8,13-14,17H2,1-6H3,(H,25,30)/p+1. The van der Waals surface area contributed by atoms with E-state index in [0.29, 0.717) is 13.2 Å². The van der Waals surface area contributed by atoms with Gasteiger partial charge in [-0.15, -0.1) is 0 Å². The van der Waals surface area contributed by atoms with Crippen LogP contribution in [0.25, 0.3) is 0 Å². The average molecular weight is 431 g/mol. The summed E-state index contributed by atoms with van der Waals surface area (Å²) in [6.45, 7) is 9.46. The van der Waals surface area contributed by atoms with Gasteiger partial charge in [0, 0.05) is 25.2 Å². The minimum absolute atomic E-state index is 0.610. The van der Waals surface area contributed by atoms with E-state index in [0.717, 1.165) is 47.4 Å². The molecule has 6 heteroatoms. The molecule has 0 amide bonds. The van der Waals surface area contributed by atoms with E-state index in [-0.39, 0.29) is 0 Å². The van der Waals surface area contributed by atoms with Crippen LogP contribution in [0, 0.1) is 13.8 Å². The number of methoxy groups -OCH3 is 1. The maximum atomic E-state index is 5.82. The van der Waals surface area contributed by atoms with E-state index < -0.39 is 0 Å². The number of rotatable bonds is 10. The lowest BCUT2D eigenvalue weighted by molar-refractivity contribution is -0.858. The average Bonchev–Trinajstić information content (AvgIpc) is 2.70. The minimum atomic E-state index is 0.610. The van der Waals surface area contributed by atoms with Crippen LogP contribution in [0.5, 0.6) is 11.5 Å². The Hall–Kier alpha value is -2.31. The quantitative estimate of drug-likeness (QED) is 0.565. The van der Waals surface area contributed by atoms with Crippen molar-refractivity contribution < 1.29 is 14.4 Å². The van der Waals surface area contributed by atoms with Gasteiger partial charge in [-0.2, -0.15) is 0 Å². The topological polar surface area (TPSA) is 38.2 Å². The molecule has 5 nitrogen and oxygen atoms in total. The molecular formula is C24H36N3O2S+. The molecule has 2 aromatic carbocycles. The lowest BCUT2D eigenvalue weighted by Crippen LogP contribution is -3.05. The first kappa shape index (κ1) is 24.0. The fourth-order valence-electron chi connectivity index (χ4n) is 3.25. The number of thiocarbonyl (C=S) groups is 1. The molecule has 0 aromatic heterocycles. The van der Waals surface area contributed by atoms with Gasteiger partial charge in [-0.25, -0.2) is 0 Å². The molecule has 0 saturated carbocycles. The molecular weight excluding hydrogens is 394 g/mol. The van der Waals surface area contributed by atoms with Crippen molar-refractivity contribution in [3.8, 4) is 11.5 Å². The summed E-state index contributed by atoms with van der Waals surface area (Å²) in [6, 6.07) is 12.5. The largest absolute Gasteiger partial charge is 0.493 e. The van der Waals surface area contributed by atoms with Crippen molar-refractivity contribution in [3.05, 3.63) is 53.1 Å². The number of benzene rings is 2. The van der Waals surface area contributed by atoms with Gasteiger partial charge in [0.1, 0.15) is 0 Å². The van der Waals surface area contributed by atoms with E-state index >= 15 is 0 Å². The summed E-state index contributed by atoms with van der Waals surface area (Å²) in [6.07, 6.45) is 1.06. The van der Waals surface area contributed by atoms with E-state index in [2.05, 4.69) is 62.4 Å². The van der Waals surface area contributed by atoms with E-state index in [1.807, 2.05) is 19.1 Å². The molecule has 0 atom stereocenters. The first-order valence-electron chi connectivity index (χ1n) is 10.6.